The smallest absolute Gasteiger partial charge is 0.00489 e. The van der Waals surface area contributed by atoms with Crippen LogP contribution in [0.1, 0.15) is 47.0 Å². The van der Waals surface area contributed by atoms with Gasteiger partial charge in [-0.05, 0) is 30.1 Å². The third kappa shape index (κ3) is 2.48. The third-order valence-corrected chi connectivity index (χ3v) is 2.59. The van der Waals surface area contributed by atoms with Crippen molar-refractivity contribution < 1.29 is 0 Å². The zero-order valence-electron chi connectivity index (χ0n) is 8.28. The van der Waals surface area contributed by atoms with Crippen molar-refractivity contribution >= 4 is 0 Å². The van der Waals surface area contributed by atoms with Crippen LogP contribution in [-0.2, 0) is 0 Å². The summed E-state index contributed by atoms with van der Waals surface area (Å²) in [6.07, 6.45) is 3.70. The van der Waals surface area contributed by atoms with E-state index >= 15 is 0 Å². The summed E-state index contributed by atoms with van der Waals surface area (Å²) in [5.41, 5.74) is 6.90. The Morgan fingerprint density at radius 1 is 1.00 bits per heavy atom. The van der Waals surface area contributed by atoms with E-state index in [-0.39, 0.29) is 0 Å². The molecule has 0 saturated heterocycles. The maximum Gasteiger partial charge on any atom is 0.00489 e. The zero-order chi connectivity index (χ0) is 8.70. The van der Waals surface area contributed by atoms with Crippen LogP contribution in [0.15, 0.2) is 0 Å². The van der Waals surface area contributed by atoms with Gasteiger partial charge in [-0.25, -0.2) is 0 Å². The van der Waals surface area contributed by atoms with E-state index < -0.39 is 0 Å². The summed E-state index contributed by atoms with van der Waals surface area (Å²) < 4.78 is 0. The summed E-state index contributed by atoms with van der Waals surface area (Å²) in [6, 6.07) is 0.425. The summed E-state index contributed by atoms with van der Waals surface area (Å²) >= 11 is 0. The van der Waals surface area contributed by atoms with Crippen molar-refractivity contribution in [1.29, 1.82) is 0 Å². The van der Waals surface area contributed by atoms with Crippen LogP contribution in [0.5, 0.6) is 0 Å². The first-order chi connectivity index (χ1) is 4.81. The highest BCUT2D eigenvalue weighted by Gasteiger charge is 2.36. The minimum Gasteiger partial charge on any atom is -0.328 e. The zero-order valence-corrected chi connectivity index (χ0v) is 8.28. The SMILES string of the molecule is CC1(C)CC(N)CC(C)(C)C1. The highest BCUT2D eigenvalue weighted by Crippen LogP contribution is 2.44. The largest absolute Gasteiger partial charge is 0.328 e. The van der Waals surface area contributed by atoms with E-state index in [0.29, 0.717) is 16.9 Å². The molecule has 0 aromatic rings. The number of nitrogens with two attached hydrogens (primary N) is 1. The molecule has 1 saturated carbocycles. The second kappa shape index (κ2) is 2.48. The van der Waals surface area contributed by atoms with Gasteiger partial charge in [-0.1, -0.05) is 27.7 Å². The van der Waals surface area contributed by atoms with E-state index in [0.717, 1.165) is 0 Å². The monoisotopic (exact) mass is 155 g/mol. The van der Waals surface area contributed by atoms with Crippen molar-refractivity contribution in [3.05, 3.63) is 0 Å². The molecule has 0 aromatic carbocycles. The van der Waals surface area contributed by atoms with Gasteiger partial charge in [0.1, 0.15) is 0 Å². The number of rotatable bonds is 0. The van der Waals surface area contributed by atoms with E-state index in [1.54, 1.807) is 0 Å². The standard InChI is InChI=1S/C10H21N/c1-9(2)5-8(11)6-10(3,4)7-9/h8H,5-7,11H2,1-4H3. The highest BCUT2D eigenvalue weighted by atomic mass is 14.7. The molecule has 0 unspecified atom stereocenters. The quantitative estimate of drug-likeness (QED) is 0.571. The molecule has 1 rings (SSSR count). The first-order valence-corrected chi connectivity index (χ1v) is 4.56. The average Bonchev–Trinajstić information content (AvgIpc) is 1.49. The van der Waals surface area contributed by atoms with Gasteiger partial charge in [0, 0.05) is 6.04 Å². The molecule has 0 bridgehead atoms. The maximum atomic E-state index is 5.99. The van der Waals surface area contributed by atoms with Gasteiger partial charge in [0.15, 0.2) is 0 Å². The molecular formula is C10H21N. The Balaban J connectivity index is 2.66. The van der Waals surface area contributed by atoms with Crippen molar-refractivity contribution in [2.45, 2.75) is 53.0 Å². The molecule has 0 aliphatic heterocycles. The minimum atomic E-state index is 0.425. The predicted molar refractivity (Wildman–Crippen MR) is 49.4 cm³/mol. The first kappa shape index (κ1) is 9.05. The summed E-state index contributed by atoms with van der Waals surface area (Å²) in [5, 5.41) is 0. The molecule has 2 N–H and O–H groups in total. The number of hydrogen-bond acceptors (Lipinski definition) is 1. The van der Waals surface area contributed by atoms with Crippen LogP contribution in [0.4, 0.5) is 0 Å². The van der Waals surface area contributed by atoms with Gasteiger partial charge in [-0.15, -0.1) is 0 Å². The van der Waals surface area contributed by atoms with Crippen LogP contribution in [0.25, 0.3) is 0 Å². The van der Waals surface area contributed by atoms with Gasteiger partial charge >= 0.3 is 0 Å². The Kier molecular flexibility index (Phi) is 2.04. The molecule has 1 aliphatic carbocycles. The van der Waals surface area contributed by atoms with Crippen molar-refractivity contribution in [3.63, 3.8) is 0 Å². The molecule has 1 aliphatic rings. The van der Waals surface area contributed by atoms with Crippen LogP contribution in [-0.4, -0.2) is 6.04 Å². The van der Waals surface area contributed by atoms with E-state index in [4.69, 9.17) is 5.73 Å². The third-order valence-electron chi connectivity index (χ3n) is 2.59. The predicted octanol–water partition coefficient (Wildman–Crippen LogP) is 2.55. The molecule has 11 heavy (non-hydrogen) atoms. The van der Waals surface area contributed by atoms with E-state index in [1.807, 2.05) is 0 Å². The maximum absolute atomic E-state index is 5.99. The van der Waals surface area contributed by atoms with Crippen molar-refractivity contribution in [3.8, 4) is 0 Å². The summed E-state index contributed by atoms with van der Waals surface area (Å²) in [5.74, 6) is 0. The van der Waals surface area contributed by atoms with Crippen LogP contribution >= 0.6 is 0 Å². The van der Waals surface area contributed by atoms with Crippen LogP contribution in [0.3, 0.4) is 0 Å². The van der Waals surface area contributed by atoms with Gasteiger partial charge in [-0.2, -0.15) is 0 Å². The van der Waals surface area contributed by atoms with Crippen LogP contribution < -0.4 is 5.73 Å². The van der Waals surface area contributed by atoms with Crippen molar-refractivity contribution in [2.75, 3.05) is 0 Å². The first-order valence-electron chi connectivity index (χ1n) is 4.56. The summed E-state index contributed by atoms with van der Waals surface area (Å²) in [6.45, 7) is 9.31. The average molecular weight is 155 g/mol. The fraction of sp³-hybridized carbons (Fsp3) is 1.00. The molecule has 0 amide bonds. The normalized spacial score (nSPS) is 30.3. The second-order valence-corrected chi connectivity index (χ2v) is 5.67. The lowest BCUT2D eigenvalue weighted by atomic mass is 9.64. The fourth-order valence-electron chi connectivity index (χ4n) is 2.93. The van der Waals surface area contributed by atoms with Crippen LogP contribution in [0.2, 0.25) is 0 Å². The Morgan fingerprint density at radius 3 is 1.64 bits per heavy atom. The summed E-state index contributed by atoms with van der Waals surface area (Å²) in [7, 11) is 0. The van der Waals surface area contributed by atoms with E-state index in [1.165, 1.54) is 19.3 Å². The Labute approximate surface area is 70.4 Å². The molecule has 1 heteroatoms. The molecule has 0 radical (unpaired) electrons. The van der Waals surface area contributed by atoms with Crippen molar-refractivity contribution in [2.24, 2.45) is 16.6 Å². The van der Waals surface area contributed by atoms with Gasteiger partial charge in [0.25, 0.3) is 0 Å². The number of hydrogen-bond donors (Lipinski definition) is 1. The topological polar surface area (TPSA) is 26.0 Å². The van der Waals surface area contributed by atoms with Crippen LogP contribution in [0, 0.1) is 10.8 Å². The molecule has 0 atom stereocenters. The lowest BCUT2D eigenvalue weighted by Gasteiger charge is -2.43. The second-order valence-electron chi connectivity index (χ2n) is 5.67. The fourth-order valence-corrected chi connectivity index (χ4v) is 2.93. The minimum absolute atomic E-state index is 0.425. The van der Waals surface area contributed by atoms with Gasteiger partial charge in [0.05, 0.1) is 0 Å². The molecule has 1 fully saturated rings. The molecule has 0 heterocycles. The lowest BCUT2D eigenvalue weighted by Crippen LogP contribution is -2.40. The molecule has 1 nitrogen and oxygen atoms in total. The van der Waals surface area contributed by atoms with Crippen molar-refractivity contribution in [1.82, 2.24) is 0 Å². The Bertz CT molecular complexity index is 131. The van der Waals surface area contributed by atoms with Gasteiger partial charge in [0.2, 0.25) is 0 Å². The Morgan fingerprint density at radius 2 is 1.36 bits per heavy atom. The molecular weight excluding hydrogens is 134 g/mol. The molecule has 0 spiro atoms. The molecule has 0 aromatic heterocycles. The van der Waals surface area contributed by atoms with E-state index in [2.05, 4.69) is 27.7 Å². The van der Waals surface area contributed by atoms with Gasteiger partial charge < -0.3 is 5.73 Å². The van der Waals surface area contributed by atoms with E-state index in [9.17, 15) is 0 Å². The summed E-state index contributed by atoms with van der Waals surface area (Å²) in [4.78, 5) is 0. The molecule has 66 valence electrons. The van der Waals surface area contributed by atoms with Gasteiger partial charge in [-0.3, -0.25) is 0 Å². The highest BCUT2D eigenvalue weighted by molar-refractivity contribution is 4.90. The lowest BCUT2D eigenvalue weighted by molar-refractivity contribution is 0.0989. The Hall–Kier alpha value is -0.0400.